The van der Waals surface area contributed by atoms with Crippen LogP contribution >= 0.6 is 27.7 Å². The molecule has 1 aromatic carbocycles. The molecule has 1 aromatic rings. The zero-order valence-electron chi connectivity index (χ0n) is 12.3. The van der Waals surface area contributed by atoms with E-state index in [1.54, 1.807) is 26.0 Å². The molecule has 0 amide bonds. The topological polar surface area (TPSA) is 42.9 Å². The number of rotatable bonds is 6. The molecule has 0 unspecified atom stereocenters. The van der Waals surface area contributed by atoms with Crippen LogP contribution in [0.1, 0.15) is 19.4 Å². The van der Waals surface area contributed by atoms with Crippen LogP contribution in [0.3, 0.4) is 0 Å². The quantitative estimate of drug-likeness (QED) is 0.620. The third-order valence-corrected chi connectivity index (χ3v) is 4.29. The highest BCUT2D eigenvalue weighted by Gasteiger charge is 2.10. The molecule has 0 saturated heterocycles. The van der Waals surface area contributed by atoms with Gasteiger partial charge in [0.1, 0.15) is 0 Å². The molecule has 4 nitrogen and oxygen atoms in total. The lowest BCUT2D eigenvalue weighted by molar-refractivity contribution is 0.354. The molecule has 0 aromatic heterocycles. The Kier molecular flexibility index (Phi) is 7.84. The summed E-state index contributed by atoms with van der Waals surface area (Å²) in [7, 11) is 3.28. The minimum atomic E-state index is 0.724. The van der Waals surface area contributed by atoms with Gasteiger partial charge < -0.3 is 14.8 Å². The molecule has 20 heavy (non-hydrogen) atoms. The van der Waals surface area contributed by atoms with Crippen LogP contribution in [0, 0.1) is 0 Å². The summed E-state index contributed by atoms with van der Waals surface area (Å²) in [6, 6.07) is 3.92. The van der Waals surface area contributed by atoms with Crippen LogP contribution in [0.4, 0.5) is 0 Å². The van der Waals surface area contributed by atoms with Gasteiger partial charge in [-0.25, -0.2) is 0 Å². The van der Waals surface area contributed by atoms with Crippen molar-refractivity contribution < 1.29 is 9.47 Å². The zero-order chi connectivity index (χ0) is 15.0. The van der Waals surface area contributed by atoms with Crippen molar-refractivity contribution in [2.45, 2.75) is 19.6 Å². The molecule has 6 heteroatoms. The number of nitrogens with zero attached hydrogens (tertiary/aromatic N) is 1. The summed E-state index contributed by atoms with van der Waals surface area (Å²) in [6.45, 7) is 5.75. The molecule has 0 spiro atoms. The molecule has 0 radical (unpaired) electrons. The molecular weight excluding hydrogens is 340 g/mol. The highest BCUT2D eigenvalue weighted by atomic mass is 79.9. The summed E-state index contributed by atoms with van der Waals surface area (Å²) in [4.78, 5) is 4.43. The van der Waals surface area contributed by atoms with Crippen LogP contribution < -0.4 is 14.8 Å². The molecule has 1 rings (SSSR count). The molecule has 0 aliphatic carbocycles. The van der Waals surface area contributed by atoms with Gasteiger partial charge in [-0.2, -0.15) is 0 Å². The van der Waals surface area contributed by atoms with Crippen molar-refractivity contribution in [3.8, 4) is 11.5 Å². The van der Waals surface area contributed by atoms with E-state index in [9.17, 15) is 0 Å². The lowest BCUT2D eigenvalue weighted by Gasteiger charge is -2.12. The van der Waals surface area contributed by atoms with Crippen LogP contribution in [0.25, 0.3) is 0 Å². The molecule has 0 bridgehead atoms. The molecular formula is C14H21BrN2O2S. The number of halogens is 1. The van der Waals surface area contributed by atoms with Gasteiger partial charge in [0, 0.05) is 23.3 Å². The largest absolute Gasteiger partial charge is 0.493 e. The average Bonchev–Trinajstić information content (AvgIpc) is 2.45. The second-order valence-corrected chi connectivity index (χ2v) is 5.72. The fourth-order valence-electron chi connectivity index (χ4n) is 1.60. The second-order valence-electron chi connectivity index (χ2n) is 3.90. The van der Waals surface area contributed by atoms with Crippen molar-refractivity contribution in [1.82, 2.24) is 5.32 Å². The molecule has 0 heterocycles. The number of aliphatic imine (C=N–C) groups is 1. The van der Waals surface area contributed by atoms with Crippen LogP contribution in [0.5, 0.6) is 11.5 Å². The Morgan fingerprint density at radius 1 is 1.25 bits per heavy atom. The summed E-state index contributed by atoms with van der Waals surface area (Å²) >= 11 is 5.25. The maximum absolute atomic E-state index is 5.33. The lowest BCUT2D eigenvalue weighted by atomic mass is 10.2. The SMILES string of the molecule is CCN=C(NCC)SCc1cc(OC)c(OC)cc1Br. The average molecular weight is 361 g/mol. The normalized spacial score (nSPS) is 11.3. The van der Waals surface area contributed by atoms with Gasteiger partial charge in [-0.05, 0) is 31.5 Å². The standard InChI is InChI=1S/C14H21BrN2O2S/c1-5-16-14(17-6-2)20-9-10-7-12(18-3)13(19-4)8-11(10)15/h7-8H,5-6,9H2,1-4H3,(H,16,17). The predicted molar refractivity (Wildman–Crippen MR) is 90.2 cm³/mol. The molecule has 0 atom stereocenters. The zero-order valence-corrected chi connectivity index (χ0v) is 14.7. The predicted octanol–water partition coefficient (Wildman–Crippen LogP) is 3.68. The van der Waals surface area contributed by atoms with Crippen LogP contribution in [0.2, 0.25) is 0 Å². The Balaban J connectivity index is 2.84. The first-order valence-corrected chi connectivity index (χ1v) is 8.25. The monoisotopic (exact) mass is 360 g/mol. The Morgan fingerprint density at radius 3 is 2.45 bits per heavy atom. The second kappa shape index (κ2) is 9.13. The molecule has 112 valence electrons. The van der Waals surface area contributed by atoms with Crippen molar-refractivity contribution in [3.05, 3.63) is 22.2 Å². The fourth-order valence-corrected chi connectivity index (χ4v) is 3.25. The van der Waals surface area contributed by atoms with Crippen molar-refractivity contribution >= 4 is 32.9 Å². The third kappa shape index (κ3) is 4.90. The Bertz CT molecular complexity index is 467. The van der Waals surface area contributed by atoms with Crippen molar-refractivity contribution in [1.29, 1.82) is 0 Å². The Hall–Kier alpha value is -0.880. The number of hydrogen-bond acceptors (Lipinski definition) is 4. The summed E-state index contributed by atoms with van der Waals surface area (Å²) in [6.07, 6.45) is 0. The number of ether oxygens (including phenoxy) is 2. The fraction of sp³-hybridized carbons (Fsp3) is 0.500. The van der Waals surface area contributed by atoms with E-state index in [-0.39, 0.29) is 0 Å². The Morgan fingerprint density at radius 2 is 1.90 bits per heavy atom. The highest BCUT2D eigenvalue weighted by Crippen LogP contribution is 2.34. The van der Waals surface area contributed by atoms with E-state index < -0.39 is 0 Å². The molecule has 0 aliphatic rings. The van der Waals surface area contributed by atoms with Crippen molar-refractivity contribution in [2.24, 2.45) is 4.99 Å². The lowest BCUT2D eigenvalue weighted by Crippen LogP contribution is -2.20. The van der Waals surface area contributed by atoms with Gasteiger partial charge in [0.25, 0.3) is 0 Å². The first-order chi connectivity index (χ1) is 9.65. The van der Waals surface area contributed by atoms with Gasteiger partial charge in [0.2, 0.25) is 0 Å². The minimum absolute atomic E-state index is 0.724. The third-order valence-electron chi connectivity index (χ3n) is 2.55. The number of nitrogens with one attached hydrogen (secondary N) is 1. The first-order valence-electron chi connectivity index (χ1n) is 6.47. The van der Waals surface area contributed by atoms with E-state index in [1.807, 2.05) is 19.1 Å². The molecule has 1 N–H and O–H groups in total. The van der Waals surface area contributed by atoms with E-state index in [2.05, 4.69) is 33.2 Å². The Labute approximate surface area is 133 Å². The van der Waals surface area contributed by atoms with E-state index >= 15 is 0 Å². The van der Waals surface area contributed by atoms with E-state index in [1.165, 1.54) is 0 Å². The van der Waals surface area contributed by atoms with E-state index in [0.717, 1.165) is 45.5 Å². The summed E-state index contributed by atoms with van der Waals surface area (Å²) in [5.41, 5.74) is 1.15. The molecule has 0 fully saturated rings. The van der Waals surface area contributed by atoms with Gasteiger partial charge in [0.15, 0.2) is 16.7 Å². The molecule has 0 aliphatic heterocycles. The first kappa shape index (κ1) is 17.2. The van der Waals surface area contributed by atoms with E-state index in [4.69, 9.17) is 9.47 Å². The number of hydrogen-bond donors (Lipinski definition) is 1. The smallest absolute Gasteiger partial charge is 0.161 e. The highest BCUT2D eigenvalue weighted by molar-refractivity contribution is 9.10. The van der Waals surface area contributed by atoms with Crippen molar-refractivity contribution in [2.75, 3.05) is 27.3 Å². The molecule has 0 saturated carbocycles. The maximum Gasteiger partial charge on any atom is 0.161 e. The van der Waals surface area contributed by atoms with Gasteiger partial charge in [0.05, 0.1) is 14.2 Å². The van der Waals surface area contributed by atoms with Crippen LogP contribution in [-0.4, -0.2) is 32.5 Å². The number of methoxy groups -OCH3 is 2. The number of benzene rings is 1. The van der Waals surface area contributed by atoms with Gasteiger partial charge in [-0.3, -0.25) is 4.99 Å². The number of amidine groups is 1. The minimum Gasteiger partial charge on any atom is -0.493 e. The van der Waals surface area contributed by atoms with Crippen LogP contribution in [-0.2, 0) is 5.75 Å². The summed E-state index contributed by atoms with van der Waals surface area (Å²) in [5, 5.41) is 4.24. The van der Waals surface area contributed by atoms with Crippen molar-refractivity contribution in [3.63, 3.8) is 0 Å². The summed E-state index contributed by atoms with van der Waals surface area (Å²) < 4.78 is 11.6. The van der Waals surface area contributed by atoms with Gasteiger partial charge >= 0.3 is 0 Å². The maximum atomic E-state index is 5.33. The van der Waals surface area contributed by atoms with Gasteiger partial charge in [-0.1, -0.05) is 27.7 Å². The van der Waals surface area contributed by atoms with Crippen LogP contribution in [0.15, 0.2) is 21.6 Å². The summed E-state index contributed by atoms with van der Waals surface area (Å²) in [5.74, 6) is 2.28. The van der Waals surface area contributed by atoms with Gasteiger partial charge in [-0.15, -0.1) is 0 Å². The number of thioether (sulfide) groups is 1. The van der Waals surface area contributed by atoms with E-state index in [0.29, 0.717) is 0 Å².